The Labute approximate surface area is 193 Å². The molecule has 0 N–H and O–H groups in total. The molecule has 0 saturated carbocycles. The van der Waals surface area contributed by atoms with Gasteiger partial charge in [-0.25, -0.2) is 0 Å². The van der Waals surface area contributed by atoms with E-state index in [4.69, 9.17) is 4.74 Å². The number of hydrogen-bond donors (Lipinski definition) is 0. The third-order valence-electron chi connectivity index (χ3n) is 6.34. The van der Waals surface area contributed by atoms with Crippen molar-refractivity contribution in [2.45, 2.75) is 129 Å². The zero-order chi connectivity index (χ0) is 22.4. The number of hydrogen-bond acceptors (Lipinski definition) is 2. The van der Waals surface area contributed by atoms with Crippen LogP contribution >= 0.6 is 0 Å². The molecule has 0 aliphatic rings. The van der Waals surface area contributed by atoms with Gasteiger partial charge in [-0.1, -0.05) is 121 Å². The fraction of sp³-hybridized carbons (Fsp3) is 0.759. The fourth-order valence-corrected chi connectivity index (χ4v) is 4.27. The lowest BCUT2D eigenvalue weighted by Crippen LogP contribution is -2.18. The van der Waals surface area contributed by atoms with E-state index in [1.165, 1.54) is 89.0 Å². The van der Waals surface area contributed by atoms with Crippen molar-refractivity contribution in [2.75, 3.05) is 6.61 Å². The topological polar surface area (TPSA) is 26.3 Å². The quantitative estimate of drug-likeness (QED) is 0.144. The van der Waals surface area contributed by atoms with Crippen molar-refractivity contribution >= 4 is 5.97 Å². The number of rotatable bonds is 21. The van der Waals surface area contributed by atoms with E-state index in [1.54, 1.807) is 0 Å². The molecular weight excluding hydrogens is 380 g/mol. The molecule has 31 heavy (non-hydrogen) atoms. The van der Waals surface area contributed by atoms with Crippen LogP contribution in [0.3, 0.4) is 0 Å². The molecular formula is C29H50O2. The molecule has 1 aromatic carbocycles. The van der Waals surface area contributed by atoms with Crippen molar-refractivity contribution in [2.24, 2.45) is 5.92 Å². The smallest absolute Gasteiger partial charge is 0.308 e. The van der Waals surface area contributed by atoms with Gasteiger partial charge >= 0.3 is 5.97 Å². The first kappa shape index (κ1) is 27.7. The van der Waals surface area contributed by atoms with Crippen LogP contribution in [-0.2, 0) is 16.0 Å². The summed E-state index contributed by atoms with van der Waals surface area (Å²) in [5.41, 5.74) is 1.40. The summed E-state index contributed by atoms with van der Waals surface area (Å²) in [4.78, 5) is 12.7. The predicted octanol–water partition coefficient (Wildman–Crippen LogP) is 9.06. The lowest BCUT2D eigenvalue weighted by molar-refractivity contribution is -0.149. The van der Waals surface area contributed by atoms with Gasteiger partial charge in [-0.3, -0.25) is 4.79 Å². The molecule has 0 amide bonds. The zero-order valence-electron chi connectivity index (χ0n) is 20.7. The Hall–Kier alpha value is -1.31. The van der Waals surface area contributed by atoms with Crippen molar-refractivity contribution in [1.82, 2.24) is 0 Å². The summed E-state index contributed by atoms with van der Waals surface area (Å²) in [7, 11) is 0. The van der Waals surface area contributed by atoms with E-state index in [-0.39, 0.29) is 11.9 Å². The number of aryl methyl sites for hydroxylation is 1. The van der Waals surface area contributed by atoms with Gasteiger partial charge in [0.15, 0.2) is 0 Å². The zero-order valence-corrected chi connectivity index (χ0v) is 20.7. The van der Waals surface area contributed by atoms with E-state index in [1.807, 2.05) is 0 Å². The summed E-state index contributed by atoms with van der Waals surface area (Å²) in [6.07, 6.45) is 21.9. The van der Waals surface area contributed by atoms with Gasteiger partial charge in [0.1, 0.15) is 0 Å². The number of benzene rings is 1. The average molecular weight is 431 g/mol. The molecule has 1 aromatic rings. The standard InChI is InChI=1S/C29H50O2/c1-3-5-7-9-10-12-19-25-28(24-18-11-8-6-4-2)29(30)31-26-20-14-17-23-27-21-15-13-16-22-27/h13,15-16,21-22,28H,3-12,14,17-20,23-26H2,1-2H3. The normalized spacial score (nSPS) is 12.1. The molecule has 1 unspecified atom stereocenters. The average Bonchev–Trinajstić information content (AvgIpc) is 2.79. The minimum absolute atomic E-state index is 0.0736. The Kier molecular flexibility index (Phi) is 18.4. The highest BCUT2D eigenvalue weighted by atomic mass is 16.5. The second-order valence-electron chi connectivity index (χ2n) is 9.27. The lowest BCUT2D eigenvalue weighted by Gasteiger charge is -2.16. The van der Waals surface area contributed by atoms with Crippen molar-refractivity contribution in [3.8, 4) is 0 Å². The first-order valence-corrected chi connectivity index (χ1v) is 13.5. The number of carbonyl (C=O) groups excluding carboxylic acids is 1. The maximum absolute atomic E-state index is 12.7. The summed E-state index contributed by atoms with van der Waals surface area (Å²) in [5.74, 6) is 0.200. The molecule has 0 saturated heterocycles. The molecule has 0 heterocycles. The van der Waals surface area contributed by atoms with Gasteiger partial charge in [0.2, 0.25) is 0 Å². The summed E-state index contributed by atoms with van der Waals surface area (Å²) < 4.78 is 5.71. The number of carbonyl (C=O) groups is 1. The predicted molar refractivity (Wildman–Crippen MR) is 134 cm³/mol. The second-order valence-corrected chi connectivity index (χ2v) is 9.27. The Morgan fingerprint density at radius 2 is 1.19 bits per heavy atom. The van der Waals surface area contributed by atoms with Gasteiger partial charge in [-0.15, -0.1) is 0 Å². The van der Waals surface area contributed by atoms with Gasteiger partial charge in [0.25, 0.3) is 0 Å². The molecule has 1 atom stereocenters. The molecule has 0 aromatic heterocycles. The van der Waals surface area contributed by atoms with Crippen LogP contribution in [0.15, 0.2) is 30.3 Å². The van der Waals surface area contributed by atoms with Crippen LogP contribution in [0.2, 0.25) is 0 Å². The minimum atomic E-state index is 0.0736. The molecule has 0 bridgehead atoms. The summed E-state index contributed by atoms with van der Waals surface area (Å²) in [6, 6.07) is 10.6. The first-order valence-electron chi connectivity index (χ1n) is 13.5. The van der Waals surface area contributed by atoms with E-state index >= 15 is 0 Å². The van der Waals surface area contributed by atoms with Crippen LogP contribution in [0, 0.1) is 5.92 Å². The van der Waals surface area contributed by atoms with Gasteiger partial charge < -0.3 is 4.74 Å². The maximum Gasteiger partial charge on any atom is 0.308 e. The summed E-state index contributed by atoms with van der Waals surface area (Å²) in [6.45, 7) is 5.11. The van der Waals surface area contributed by atoms with Gasteiger partial charge in [-0.05, 0) is 44.1 Å². The first-order chi connectivity index (χ1) is 15.3. The van der Waals surface area contributed by atoms with Crippen molar-refractivity contribution in [1.29, 1.82) is 0 Å². The molecule has 0 radical (unpaired) electrons. The number of ether oxygens (including phenoxy) is 1. The largest absolute Gasteiger partial charge is 0.465 e. The molecule has 0 aliphatic heterocycles. The highest BCUT2D eigenvalue weighted by Crippen LogP contribution is 2.21. The Balaban J connectivity index is 2.20. The van der Waals surface area contributed by atoms with E-state index in [0.717, 1.165) is 32.1 Å². The third kappa shape index (κ3) is 16.0. The molecule has 178 valence electrons. The summed E-state index contributed by atoms with van der Waals surface area (Å²) >= 11 is 0. The van der Waals surface area contributed by atoms with Crippen molar-refractivity contribution < 1.29 is 9.53 Å². The van der Waals surface area contributed by atoms with Gasteiger partial charge in [0, 0.05) is 0 Å². The molecule has 0 fully saturated rings. The van der Waals surface area contributed by atoms with Gasteiger partial charge in [0.05, 0.1) is 12.5 Å². The van der Waals surface area contributed by atoms with Crippen LogP contribution in [0.25, 0.3) is 0 Å². The van der Waals surface area contributed by atoms with Crippen LogP contribution < -0.4 is 0 Å². The van der Waals surface area contributed by atoms with E-state index in [9.17, 15) is 4.79 Å². The Morgan fingerprint density at radius 1 is 0.677 bits per heavy atom. The lowest BCUT2D eigenvalue weighted by atomic mass is 9.94. The van der Waals surface area contributed by atoms with E-state index in [2.05, 4.69) is 44.2 Å². The van der Waals surface area contributed by atoms with Gasteiger partial charge in [-0.2, -0.15) is 0 Å². The Bertz CT molecular complexity index is 511. The molecule has 2 heteroatoms. The van der Waals surface area contributed by atoms with Crippen molar-refractivity contribution in [3.05, 3.63) is 35.9 Å². The second kappa shape index (κ2) is 20.6. The summed E-state index contributed by atoms with van der Waals surface area (Å²) in [5, 5.41) is 0. The third-order valence-corrected chi connectivity index (χ3v) is 6.34. The van der Waals surface area contributed by atoms with E-state index in [0.29, 0.717) is 6.61 Å². The molecule has 2 nitrogen and oxygen atoms in total. The molecule has 1 rings (SSSR count). The van der Waals surface area contributed by atoms with Crippen LogP contribution in [0.4, 0.5) is 0 Å². The van der Waals surface area contributed by atoms with Crippen LogP contribution in [-0.4, -0.2) is 12.6 Å². The number of unbranched alkanes of at least 4 members (excludes halogenated alkanes) is 12. The SMILES string of the molecule is CCCCCCCCCC(CCCCCCC)C(=O)OCCCCCc1ccccc1. The monoisotopic (exact) mass is 430 g/mol. The fourth-order valence-electron chi connectivity index (χ4n) is 4.27. The Morgan fingerprint density at radius 3 is 1.77 bits per heavy atom. The molecule has 0 spiro atoms. The van der Waals surface area contributed by atoms with Crippen LogP contribution in [0.5, 0.6) is 0 Å². The number of esters is 1. The minimum Gasteiger partial charge on any atom is -0.465 e. The maximum atomic E-state index is 12.7. The highest BCUT2D eigenvalue weighted by Gasteiger charge is 2.19. The highest BCUT2D eigenvalue weighted by molar-refractivity contribution is 5.72. The van der Waals surface area contributed by atoms with E-state index < -0.39 is 0 Å². The van der Waals surface area contributed by atoms with Crippen LogP contribution in [0.1, 0.15) is 129 Å². The molecule has 0 aliphatic carbocycles. The van der Waals surface area contributed by atoms with Crippen molar-refractivity contribution in [3.63, 3.8) is 0 Å².